The van der Waals surface area contributed by atoms with Crippen LogP contribution in [-0.2, 0) is 4.74 Å². The van der Waals surface area contributed by atoms with Crippen molar-refractivity contribution in [2.75, 3.05) is 19.1 Å². The van der Waals surface area contributed by atoms with Crippen molar-refractivity contribution in [2.24, 2.45) is 5.92 Å². The van der Waals surface area contributed by atoms with Gasteiger partial charge in [0.15, 0.2) is 0 Å². The van der Waals surface area contributed by atoms with Crippen molar-refractivity contribution in [2.45, 2.75) is 84.5 Å². The number of rotatable bonds is 19. The van der Waals surface area contributed by atoms with Gasteiger partial charge in [0.25, 0.3) is 0 Å². The Hall–Kier alpha value is -2.92. The summed E-state index contributed by atoms with van der Waals surface area (Å²) in [7, 11) is 0. The lowest BCUT2D eigenvalue weighted by molar-refractivity contribution is 0.0447. The average molecular weight is 565 g/mol. The van der Waals surface area contributed by atoms with Crippen molar-refractivity contribution in [3.05, 3.63) is 66.5 Å². The lowest BCUT2D eigenvalue weighted by Gasteiger charge is -2.10. The summed E-state index contributed by atoms with van der Waals surface area (Å²) in [5, 5.41) is 0. The van der Waals surface area contributed by atoms with Gasteiger partial charge in [-0.05, 0) is 55.2 Å². The Bertz CT molecular complexity index is 1100. The van der Waals surface area contributed by atoms with E-state index in [1.54, 1.807) is 24.5 Å². The largest absolute Gasteiger partial charge is 0.494 e. The summed E-state index contributed by atoms with van der Waals surface area (Å²) in [5.74, 6) is 1.74. The molecule has 216 valence electrons. The van der Waals surface area contributed by atoms with E-state index in [1.165, 1.54) is 51.4 Å². The summed E-state index contributed by atoms with van der Waals surface area (Å²) < 4.78 is 11.3. The molecule has 0 N–H and O–H groups in total. The average Bonchev–Trinajstić information content (AvgIpc) is 3.00. The van der Waals surface area contributed by atoms with E-state index >= 15 is 0 Å². The van der Waals surface area contributed by atoms with Gasteiger partial charge in [0.2, 0.25) is 0 Å². The summed E-state index contributed by atoms with van der Waals surface area (Å²) in [5.41, 5.74) is 4.00. The van der Waals surface area contributed by atoms with Gasteiger partial charge < -0.3 is 9.47 Å². The lowest BCUT2D eigenvalue weighted by Crippen LogP contribution is -2.11. The first-order chi connectivity index (χ1) is 19.6. The molecule has 1 atom stereocenters. The molecule has 1 heterocycles. The van der Waals surface area contributed by atoms with E-state index in [1.807, 2.05) is 36.4 Å². The number of nitrogens with zero attached hydrogens (tertiary/aromatic N) is 2. The molecule has 1 aromatic heterocycles. The highest BCUT2D eigenvalue weighted by Crippen LogP contribution is 2.23. The van der Waals surface area contributed by atoms with E-state index in [9.17, 15) is 4.79 Å². The smallest absolute Gasteiger partial charge is 0.338 e. The molecule has 0 radical (unpaired) electrons. The number of carbonyl (C=O) groups is 1. The van der Waals surface area contributed by atoms with E-state index in [0.29, 0.717) is 18.1 Å². The van der Waals surface area contributed by atoms with Crippen molar-refractivity contribution < 1.29 is 14.3 Å². The lowest BCUT2D eigenvalue weighted by atomic mass is 10.1. The molecule has 1 unspecified atom stereocenters. The summed E-state index contributed by atoms with van der Waals surface area (Å²) in [6.45, 7) is 5.34. The number of hydrogen-bond donors (Lipinski definition) is 0. The molecule has 5 nitrogen and oxygen atoms in total. The standard InChI is InChI=1S/C34H45ClN2O3/c1-3-27(2)26-40-34(38)30-16-14-28(15-17-30)32-24-37-33(25-36-32)29-18-20-31(21-19-29)39-23-13-11-9-7-5-4-6-8-10-12-22-35/h14-21,24-25,27H,3-13,22-23,26H2,1-2H3. The van der Waals surface area contributed by atoms with E-state index < -0.39 is 0 Å². The fourth-order valence-electron chi connectivity index (χ4n) is 4.35. The number of halogens is 1. The van der Waals surface area contributed by atoms with Crippen LogP contribution in [0.5, 0.6) is 5.75 Å². The molecule has 0 aliphatic rings. The number of hydrogen-bond acceptors (Lipinski definition) is 5. The third kappa shape index (κ3) is 11.3. The highest BCUT2D eigenvalue weighted by Gasteiger charge is 2.10. The van der Waals surface area contributed by atoms with Crippen LogP contribution in [0.4, 0.5) is 0 Å². The normalized spacial score (nSPS) is 11.8. The molecule has 0 fully saturated rings. The predicted octanol–water partition coefficient (Wildman–Crippen LogP) is 9.53. The quantitative estimate of drug-likeness (QED) is 0.0823. The number of alkyl halides is 1. The number of unbranched alkanes of at least 4 members (excludes halogenated alkanes) is 9. The minimum absolute atomic E-state index is 0.295. The second kappa shape index (κ2) is 18.4. The fourth-order valence-corrected chi connectivity index (χ4v) is 4.53. The third-order valence-corrected chi connectivity index (χ3v) is 7.48. The van der Waals surface area contributed by atoms with Crippen LogP contribution in [0.2, 0.25) is 0 Å². The van der Waals surface area contributed by atoms with Crippen molar-refractivity contribution in [3.8, 4) is 28.3 Å². The van der Waals surface area contributed by atoms with Crippen LogP contribution < -0.4 is 4.74 Å². The highest BCUT2D eigenvalue weighted by atomic mass is 35.5. The Morgan fingerprint density at radius 1 is 0.750 bits per heavy atom. The highest BCUT2D eigenvalue weighted by molar-refractivity contribution is 6.17. The van der Waals surface area contributed by atoms with E-state index in [2.05, 4.69) is 23.8 Å². The van der Waals surface area contributed by atoms with Gasteiger partial charge in [0.1, 0.15) is 5.75 Å². The minimum Gasteiger partial charge on any atom is -0.494 e. The van der Waals surface area contributed by atoms with Crippen LogP contribution in [0, 0.1) is 5.92 Å². The summed E-state index contributed by atoms with van der Waals surface area (Å²) in [6, 6.07) is 15.3. The van der Waals surface area contributed by atoms with Crippen LogP contribution >= 0.6 is 11.6 Å². The zero-order valence-corrected chi connectivity index (χ0v) is 25.0. The zero-order chi connectivity index (χ0) is 28.4. The zero-order valence-electron chi connectivity index (χ0n) is 24.2. The number of carbonyl (C=O) groups excluding carboxylic acids is 1. The summed E-state index contributed by atoms with van der Waals surface area (Å²) >= 11 is 5.72. The van der Waals surface area contributed by atoms with Gasteiger partial charge in [-0.25, -0.2) is 4.79 Å². The summed E-state index contributed by atoms with van der Waals surface area (Å²) in [4.78, 5) is 21.4. The molecule has 0 aliphatic heterocycles. The Balaban J connectivity index is 1.36. The maximum atomic E-state index is 12.2. The molecule has 6 heteroatoms. The molecule has 0 saturated heterocycles. The molecule has 0 saturated carbocycles. The van der Waals surface area contributed by atoms with Crippen molar-refractivity contribution >= 4 is 17.6 Å². The molecule has 0 amide bonds. The molecule has 3 aromatic rings. The maximum Gasteiger partial charge on any atom is 0.338 e. The first kappa shape index (κ1) is 31.6. The number of benzene rings is 2. The molecule has 3 rings (SSSR count). The molecule has 40 heavy (non-hydrogen) atoms. The van der Waals surface area contributed by atoms with Crippen molar-refractivity contribution in [1.82, 2.24) is 9.97 Å². The van der Waals surface area contributed by atoms with Crippen molar-refractivity contribution in [1.29, 1.82) is 0 Å². The maximum absolute atomic E-state index is 12.2. The molecule has 0 aliphatic carbocycles. The van der Waals surface area contributed by atoms with Gasteiger partial charge in [0, 0.05) is 17.0 Å². The summed E-state index contributed by atoms with van der Waals surface area (Å²) in [6.07, 6.45) is 17.2. The van der Waals surface area contributed by atoms with Crippen molar-refractivity contribution in [3.63, 3.8) is 0 Å². The van der Waals surface area contributed by atoms with Gasteiger partial charge in [0.05, 0.1) is 42.6 Å². The second-order valence-electron chi connectivity index (χ2n) is 10.6. The Kier molecular flexibility index (Phi) is 14.6. The van der Waals surface area contributed by atoms with E-state index in [-0.39, 0.29) is 5.97 Å². The number of esters is 1. The SMILES string of the molecule is CCC(C)COC(=O)c1ccc(-c2cnc(-c3ccc(OCCCCCCCCCCCCCl)cc3)cn2)cc1. The minimum atomic E-state index is -0.295. The molecular weight excluding hydrogens is 520 g/mol. The first-order valence-electron chi connectivity index (χ1n) is 15.0. The molecular formula is C34H45ClN2O3. The van der Waals surface area contributed by atoms with Crippen LogP contribution in [0.1, 0.15) is 94.8 Å². The molecule has 0 spiro atoms. The number of aromatic nitrogens is 2. The molecule has 0 bridgehead atoms. The Morgan fingerprint density at radius 2 is 1.25 bits per heavy atom. The van der Waals surface area contributed by atoms with E-state index in [0.717, 1.165) is 60.0 Å². The third-order valence-electron chi connectivity index (χ3n) is 7.21. The predicted molar refractivity (Wildman–Crippen MR) is 165 cm³/mol. The Morgan fingerprint density at radius 3 is 1.75 bits per heavy atom. The van der Waals surface area contributed by atoms with Gasteiger partial charge in [-0.15, -0.1) is 11.6 Å². The topological polar surface area (TPSA) is 61.3 Å². The fraction of sp³-hybridized carbons (Fsp3) is 0.500. The monoisotopic (exact) mass is 564 g/mol. The van der Waals surface area contributed by atoms with Crippen LogP contribution in [-0.4, -0.2) is 35.0 Å². The van der Waals surface area contributed by atoms with Gasteiger partial charge >= 0.3 is 5.97 Å². The Labute approximate surface area is 245 Å². The van der Waals surface area contributed by atoms with Crippen LogP contribution in [0.25, 0.3) is 22.5 Å². The first-order valence-corrected chi connectivity index (χ1v) is 15.5. The van der Waals surface area contributed by atoms with Gasteiger partial charge in [-0.3, -0.25) is 9.97 Å². The van der Waals surface area contributed by atoms with E-state index in [4.69, 9.17) is 21.1 Å². The molecule has 2 aromatic carbocycles. The van der Waals surface area contributed by atoms with Crippen LogP contribution in [0.15, 0.2) is 60.9 Å². The van der Waals surface area contributed by atoms with Crippen LogP contribution in [0.3, 0.4) is 0 Å². The second-order valence-corrected chi connectivity index (χ2v) is 11.0. The van der Waals surface area contributed by atoms with Gasteiger partial charge in [-0.1, -0.05) is 83.8 Å². The number of ether oxygens (including phenoxy) is 2. The van der Waals surface area contributed by atoms with Gasteiger partial charge in [-0.2, -0.15) is 0 Å².